The number of aromatic nitrogens is 1. The van der Waals surface area contributed by atoms with Gasteiger partial charge in [0.1, 0.15) is 0 Å². The van der Waals surface area contributed by atoms with Crippen molar-refractivity contribution < 1.29 is 0 Å². The molecule has 2 rings (SSSR count). The van der Waals surface area contributed by atoms with Crippen molar-refractivity contribution in [2.24, 2.45) is 7.05 Å². The van der Waals surface area contributed by atoms with Gasteiger partial charge in [0.15, 0.2) is 0 Å². The van der Waals surface area contributed by atoms with E-state index in [0.29, 0.717) is 5.69 Å². The molecule has 66 valence electrons. The lowest BCUT2D eigenvalue weighted by atomic mass is 10.2. The van der Waals surface area contributed by atoms with Gasteiger partial charge in [0, 0.05) is 18.8 Å². The maximum absolute atomic E-state index is 11.3. The molecule has 3 heteroatoms. The maximum atomic E-state index is 11.3. The van der Waals surface area contributed by atoms with Crippen LogP contribution in [0.3, 0.4) is 0 Å². The lowest BCUT2D eigenvalue weighted by molar-refractivity contribution is 0.906. The molecule has 0 fully saturated rings. The number of nitrogens with two attached hydrogens (primary N) is 1. The molecule has 1 aromatic carbocycles. The predicted molar refractivity (Wildman–Crippen MR) is 53.6 cm³/mol. The van der Waals surface area contributed by atoms with Crippen molar-refractivity contribution in [2.75, 3.05) is 5.73 Å². The standard InChI is InChI=1S/C10H10N2O/c1-12-9-6-8(11)4-2-7(9)3-5-10(12)13/h2-6H,11H2,1H3. The molecule has 0 saturated heterocycles. The molecule has 3 nitrogen and oxygen atoms in total. The van der Waals surface area contributed by atoms with Gasteiger partial charge >= 0.3 is 0 Å². The summed E-state index contributed by atoms with van der Waals surface area (Å²) in [4.78, 5) is 11.3. The van der Waals surface area contributed by atoms with Gasteiger partial charge in [0.25, 0.3) is 5.56 Å². The highest BCUT2D eigenvalue weighted by atomic mass is 16.1. The van der Waals surface area contributed by atoms with E-state index in [4.69, 9.17) is 5.73 Å². The Kier molecular flexibility index (Phi) is 1.59. The maximum Gasteiger partial charge on any atom is 0.250 e. The highest BCUT2D eigenvalue weighted by Gasteiger charge is 1.98. The van der Waals surface area contributed by atoms with Crippen LogP contribution in [0.5, 0.6) is 0 Å². The summed E-state index contributed by atoms with van der Waals surface area (Å²) in [5.41, 5.74) is 7.15. The van der Waals surface area contributed by atoms with Crippen LogP contribution in [0.15, 0.2) is 35.1 Å². The lowest BCUT2D eigenvalue weighted by Crippen LogP contribution is -2.14. The molecular weight excluding hydrogens is 164 g/mol. The van der Waals surface area contributed by atoms with Gasteiger partial charge in [-0.3, -0.25) is 4.79 Å². The molecular formula is C10H10N2O. The van der Waals surface area contributed by atoms with Gasteiger partial charge in [-0.1, -0.05) is 6.07 Å². The van der Waals surface area contributed by atoms with E-state index in [2.05, 4.69) is 0 Å². The minimum atomic E-state index is -0.0156. The Morgan fingerprint density at radius 3 is 2.69 bits per heavy atom. The summed E-state index contributed by atoms with van der Waals surface area (Å²) < 4.78 is 1.59. The first kappa shape index (κ1) is 7.86. The van der Waals surface area contributed by atoms with Crippen LogP contribution in [0.25, 0.3) is 10.9 Å². The van der Waals surface area contributed by atoms with Gasteiger partial charge in [0.2, 0.25) is 0 Å². The molecule has 0 aliphatic rings. The Balaban J connectivity index is 2.97. The largest absolute Gasteiger partial charge is 0.399 e. The lowest BCUT2D eigenvalue weighted by Gasteiger charge is -2.04. The number of hydrogen-bond acceptors (Lipinski definition) is 2. The molecule has 2 aromatic rings. The van der Waals surface area contributed by atoms with E-state index in [1.807, 2.05) is 12.1 Å². The van der Waals surface area contributed by atoms with E-state index in [-0.39, 0.29) is 5.56 Å². The zero-order valence-corrected chi connectivity index (χ0v) is 7.32. The van der Waals surface area contributed by atoms with Crippen molar-refractivity contribution in [3.63, 3.8) is 0 Å². The predicted octanol–water partition coefficient (Wildman–Crippen LogP) is 1.12. The number of fused-ring (bicyclic) bond motifs is 1. The Hall–Kier alpha value is -1.77. The fraction of sp³-hybridized carbons (Fsp3) is 0.100. The minimum absolute atomic E-state index is 0.0156. The highest BCUT2D eigenvalue weighted by molar-refractivity contribution is 5.81. The summed E-state index contributed by atoms with van der Waals surface area (Å²) in [5.74, 6) is 0. The van der Waals surface area contributed by atoms with Gasteiger partial charge in [-0.2, -0.15) is 0 Å². The Morgan fingerprint density at radius 1 is 1.23 bits per heavy atom. The van der Waals surface area contributed by atoms with E-state index in [9.17, 15) is 4.79 Å². The third-order valence-corrected chi connectivity index (χ3v) is 2.15. The topological polar surface area (TPSA) is 48.0 Å². The van der Waals surface area contributed by atoms with Crippen molar-refractivity contribution in [2.45, 2.75) is 0 Å². The molecule has 0 amide bonds. The quantitative estimate of drug-likeness (QED) is 0.608. The number of hydrogen-bond donors (Lipinski definition) is 1. The van der Waals surface area contributed by atoms with Gasteiger partial charge in [-0.25, -0.2) is 0 Å². The van der Waals surface area contributed by atoms with Crippen LogP contribution >= 0.6 is 0 Å². The fourth-order valence-corrected chi connectivity index (χ4v) is 1.38. The molecule has 0 unspecified atom stereocenters. The van der Waals surface area contributed by atoms with Gasteiger partial charge in [0.05, 0.1) is 5.52 Å². The monoisotopic (exact) mass is 174 g/mol. The summed E-state index contributed by atoms with van der Waals surface area (Å²) in [6.07, 6.45) is 0. The fourth-order valence-electron chi connectivity index (χ4n) is 1.38. The van der Waals surface area contributed by atoms with Crippen LogP contribution in [-0.4, -0.2) is 4.57 Å². The van der Waals surface area contributed by atoms with E-state index >= 15 is 0 Å². The Labute approximate surface area is 75.4 Å². The van der Waals surface area contributed by atoms with Crippen molar-refractivity contribution in [1.29, 1.82) is 0 Å². The smallest absolute Gasteiger partial charge is 0.250 e. The molecule has 1 heterocycles. The summed E-state index contributed by atoms with van der Waals surface area (Å²) in [5, 5.41) is 1.02. The van der Waals surface area contributed by atoms with E-state index in [1.165, 1.54) is 0 Å². The summed E-state index contributed by atoms with van der Waals surface area (Å²) in [7, 11) is 1.74. The van der Waals surface area contributed by atoms with Crippen molar-refractivity contribution in [3.8, 4) is 0 Å². The average Bonchev–Trinajstić information content (AvgIpc) is 2.12. The Bertz CT molecular complexity index is 514. The summed E-state index contributed by atoms with van der Waals surface area (Å²) in [6, 6.07) is 8.89. The Morgan fingerprint density at radius 2 is 1.92 bits per heavy atom. The second kappa shape index (κ2) is 2.62. The summed E-state index contributed by atoms with van der Waals surface area (Å²) >= 11 is 0. The van der Waals surface area contributed by atoms with Crippen molar-refractivity contribution in [1.82, 2.24) is 4.57 Å². The number of pyridine rings is 1. The summed E-state index contributed by atoms with van der Waals surface area (Å²) in [6.45, 7) is 0. The second-order valence-electron chi connectivity index (χ2n) is 3.05. The SMILES string of the molecule is Cn1c(=O)ccc2ccc(N)cc21. The molecule has 13 heavy (non-hydrogen) atoms. The molecule has 2 N–H and O–H groups in total. The molecule has 0 aliphatic carbocycles. The van der Waals surface area contributed by atoms with Crippen LogP contribution < -0.4 is 11.3 Å². The van der Waals surface area contributed by atoms with Crippen molar-refractivity contribution in [3.05, 3.63) is 40.7 Å². The molecule has 0 atom stereocenters. The molecule has 0 radical (unpaired) electrons. The molecule has 0 aliphatic heterocycles. The molecule has 0 bridgehead atoms. The number of nitrogens with zero attached hydrogens (tertiary/aromatic N) is 1. The van der Waals surface area contributed by atoms with E-state index in [1.54, 1.807) is 29.8 Å². The number of benzene rings is 1. The first-order chi connectivity index (χ1) is 6.18. The zero-order valence-electron chi connectivity index (χ0n) is 7.32. The van der Waals surface area contributed by atoms with Crippen LogP contribution in [0.1, 0.15) is 0 Å². The van der Waals surface area contributed by atoms with E-state index < -0.39 is 0 Å². The normalized spacial score (nSPS) is 10.5. The van der Waals surface area contributed by atoms with E-state index in [0.717, 1.165) is 10.9 Å². The van der Waals surface area contributed by atoms with Gasteiger partial charge in [-0.05, 0) is 23.6 Å². The molecule has 0 spiro atoms. The van der Waals surface area contributed by atoms with Crippen LogP contribution in [0, 0.1) is 0 Å². The average molecular weight is 174 g/mol. The molecule has 1 aromatic heterocycles. The van der Waals surface area contributed by atoms with Crippen LogP contribution in [0.2, 0.25) is 0 Å². The second-order valence-corrected chi connectivity index (χ2v) is 3.05. The molecule has 0 saturated carbocycles. The first-order valence-corrected chi connectivity index (χ1v) is 4.04. The third-order valence-electron chi connectivity index (χ3n) is 2.15. The van der Waals surface area contributed by atoms with Gasteiger partial charge in [-0.15, -0.1) is 0 Å². The van der Waals surface area contributed by atoms with Crippen LogP contribution in [-0.2, 0) is 7.05 Å². The minimum Gasteiger partial charge on any atom is -0.399 e. The highest BCUT2D eigenvalue weighted by Crippen LogP contribution is 2.14. The number of rotatable bonds is 0. The number of anilines is 1. The van der Waals surface area contributed by atoms with Crippen LogP contribution in [0.4, 0.5) is 5.69 Å². The van der Waals surface area contributed by atoms with Gasteiger partial charge < -0.3 is 10.3 Å². The zero-order chi connectivity index (χ0) is 9.42. The number of nitrogen functional groups attached to an aromatic ring is 1. The first-order valence-electron chi connectivity index (χ1n) is 4.04. The third kappa shape index (κ3) is 1.18. The van der Waals surface area contributed by atoms with Crippen molar-refractivity contribution >= 4 is 16.6 Å². The number of aryl methyl sites for hydroxylation is 1.